The second kappa shape index (κ2) is 9.52. The number of methoxy groups -OCH3 is 1. The van der Waals surface area contributed by atoms with Gasteiger partial charge in [0, 0.05) is 46.4 Å². The van der Waals surface area contributed by atoms with E-state index < -0.39 is 0 Å². The van der Waals surface area contributed by atoms with E-state index in [1.807, 2.05) is 47.7 Å². The summed E-state index contributed by atoms with van der Waals surface area (Å²) in [5.74, 6) is 0.698. The maximum absolute atomic E-state index is 12.2. The number of rotatable bonds is 5. The van der Waals surface area contributed by atoms with Crippen LogP contribution in [0.25, 0.3) is 11.3 Å². The molecule has 22 heavy (non-hydrogen) atoms. The van der Waals surface area contributed by atoms with Crippen LogP contribution in [0.15, 0.2) is 33.5 Å². The van der Waals surface area contributed by atoms with Crippen LogP contribution in [0.2, 0.25) is 0 Å². The Bertz CT molecular complexity index is 706. The van der Waals surface area contributed by atoms with Crippen LogP contribution in [0.5, 0.6) is 5.75 Å². The molecule has 0 N–H and O–H groups in total. The van der Waals surface area contributed by atoms with E-state index in [0.29, 0.717) is 15.9 Å². The third-order valence-corrected chi connectivity index (χ3v) is 4.34. The molecular formula is C15H14BrINO3Y-. The van der Waals surface area contributed by atoms with Crippen molar-refractivity contribution in [3.05, 3.63) is 48.7 Å². The minimum atomic E-state index is -0.00143. The standard InChI is InChI=1S/C15H14BrINO3.Y/c1-3-18-14(7-6-13(17)15(18)19)11-5-4-10(8-12(11)16)21-9-20-2;/h4-6,8H,3,9H2,1-2H3;/q-1;. The first kappa shape index (κ1) is 20.3. The predicted molar refractivity (Wildman–Crippen MR) is 93.6 cm³/mol. The summed E-state index contributed by atoms with van der Waals surface area (Å²) in [7, 11) is 1.57. The van der Waals surface area contributed by atoms with Crippen molar-refractivity contribution in [3.63, 3.8) is 0 Å². The normalized spacial score (nSPS) is 10.2. The van der Waals surface area contributed by atoms with E-state index in [1.54, 1.807) is 17.7 Å². The number of nitrogens with zero attached hydrogens (tertiary/aromatic N) is 1. The number of halogens is 2. The molecule has 0 bridgehead atoms. The Labute approximate surface area is 176 Å². The van der Waals surface area contributed by atoms with Crippen LogP contribution in [0.3, 0.4) is 0 Å². The van der Waals surface area contributed by atoms with Crippen molar-refractivity contribution in [2.45, 2.75) is 13.5 Å². The van der Waals surface area contributed by atoms with Crippen LogP contribution >= 0.6 is 38.5 Å². The average Bonchev–Trinajstić information content (AvgIpc) is 2.48. The van der Waals surface area contributed by atoms with Crippen LogP contribution in [-0.4, -0.2) is 18.5 Å². The van der Waals surface area contributed by atoms with Crippen molar-refractivity contribution in [1.29, 1.82) is 0 Å². The smallest absolute Gasteiger partial charge is 0.207 e. The fourth-order valence-corrected chi connectivity index (χ4v) is 2.92. The molecular weight excluding hydrogens is 538 g/mol. The SMILES string of the molecule is CCn1c(-c2ccc(OCOC)cc2Br)[c-]cc(I)c1=O.[Y]. The minimum absolute atomic E-state index is 0. The molecule has 1 heterocycles. The Balaban J connectivity index is 0.00000242. The Hall–Kier alpha value is 0.244. The number of benzene rings is 1. The second-order valence-electron chi connectivity index (χ2n) is 4.23. The molecule has 0 unspecified atom stereocenters. The Morgan fingerprint density at radius 2 is 2.14 bits per heavy atom. The van der Waals surface area contributed by atoms with Crippen LogP contribution in [0.1, 0.15) is 6.92 Å². The number of pyridine rings is 1. The third-order valence-electron chi connectivity index (χ3n) is 2.91. The van der Waals surface area contributed by atoms with Crippen molar-refractivity contribution >= 4 is 38.5 Å². The van der Waals surface area contributed by atoms with E-state index in [0.717, 1.165) is 15.7 Å². The van der Waals surface area contributed by atoms with Crippen molar-refractivity contribution < 1.29 is 42.2 Å². The zero-order valence-electron chi connectivity index (χ0n) is 12.2. The average molecular weight is 552 g/mol. The zero-order chi connectivity index (χ0) is 15.4. The molecule has 0 aliphatic rings. The monoisotopic (exact) mass is 551 g/mol. The predicted octanol–water partition coefficient (Wildman–Crippen LogP) is 3.68. The Kier molecular flexibility index (Phi) is 8.78. The topological polar surface area (TPSA) is 40.5 Å². The molecule has 115 valence electrons. The molecule has 0 atom stereocenters. The van der Waals surface area contributed by atoms with Gasteiger partial charge in [0.05, 0.1) is 0 Å². The maximum atomic E-state index is 12.2. The largest absolute Gasteiger partial charge is 0.468 e. The quantitative estimate of drug-likeness (QED) is 0.323. The summed E-state index contributed by atoms with van der Waals surface area (Å²) >= 11 is 5.55. The molecule has 0 amide bonds. The fraction of sp³-hybridized carbons (Fsp3) is 0.267. The Morgan fingerprint density at radius 1 is 1.41 bits per heavy atom. The van der Waals surface area contributed by atoms with Gasteiger partial charge in [-0.15, -0.1) is 28.7 Å². The molecule has 0 fully saturated rings. The van der Waals surface area contributed by atoms with Crippen LogP contribution in [0, 0.1) is 9.64 Å². The van der Waals surface area contributed by atoms with Crippen LogP contribution in [0.4, 0.5) is 0 Å². The summed E-state index contributed by atoms with van der Waals surface area (Å²) in [6.07, 6.45) is 0. The van der Waals surface area contributed by atoms with Gasteiger partial charge >= 0.3 is 0 Å². The van der Waals surface area contributed by atoms with Crippen molar-refractivity contribution in [3.8, 4) is 17.0 Å². The van der Waals surface area contributed by atoms with Gasteiger partial charge in [-0.05, 0) is 27.1 Å². The van der Waals surface area contributed by atoms with E-state index in [-0.39, 0.29) is 45.1 Å². The Morgan fingerprint density at radius 3 is 2.73 bits per heavy atom. The molecule has 1 radical (unpaired) electrons. The van der Waals surface area contributed by atoms with Crippen molar-refractivity contribution in [1.82, 2.24) is 4.57 Å². The van der Waals surface area contributed by atoms with Gasteiger partial charge in [-0.1, -0.05) is 27.2 Å². The summed E-state index contributed by atoms with van der Waals surface area (Å²) in [6.45, 7) is 2.73. The fourth-order valence-electron chi connectivity index (χ4n) is 1.93. The van der Waals surface area contributed by atoms with Crippen LogP contribution in [-0.2, 0) is 44.0 Å². The summed E-state index contributed by atoms with van der Waals surface area (Å²) in [4.78, 5) is 12.2. The molecule has 4 nitrogen and oxygen atoms in total. The summed E-state index contributed by atoms with van der Waals surface area (Å²) in [6, 6.07) is 10.5. The van der Waals surface area contributed by atoms with Gasteiger partial charge < -0.3 is 14.0 Å². The number of hydrogen-bond acceptors (Lipinski definition) is 3. The number of hydrogen-bond donors (Lipinski definition) is 0. The molecule has 7 heteroatoms. The molecule has 0 aliphatic carbocycles. The summed E-state index contributed by atoms with van der Waals surface area (Å²) < 4.78 is 13.5. The van der Waals surface area contributed by atoms with E-state index in [9.17, 15) is 4.79 Å². The zero-order valence-corrected chi connectivity index (χ0v) is 18.8. The second-order valence-corrected chi connectivity index (χ2v) is 6.24. The van der Waals surface area contributed by atoms with Crippen LogP contribution < -0.4 is 10.3 Å². The van der Waals surface area contributed by atoms with E-state index in [1.165, 1.54) is 0 Å². The van der Waals surface area contributed by atoms with Gasteiger partial charge in [0.25, 0.3) is 0 Å². The molecule has 0 aliphatic heterocycles. The molecule has 0 saturated carbocycles. The summed E-state index contributed by atoms with van der Waals surface area (Å²) in [5.41, 5.74) is 1.65. The van der Waals surface area contributed by atoms with Gasteiger partial charge in [0.2, 0.25) is 5.56 Å². The number of ether oxygens (including phenoxy) is 2. The summed E-state index contributed by atoms with van der Waals surface area (Å²) in [5, 5.41) is 0. The molecule has 2 rings (SSSR count). The van der Waals surface area contributed by atoms with Crippen molar-refractivity contribution in [2.75, 3.05) is 13.9 Å². The first-order valence-electron chi connectivity index (χ1n) is 6.31. The van der Waals surface area contributed by atoms with Gasteiger partial charge in [-0.2, -0.15) is 12.1 Å². The minimum Gasteiger partial charge on any atom is -0.468 e. The third kappa shape index (κ3) is 4.63. The maximum Gasteiger partial charge on any atom is 0.207 e. The van der Waals surface area contributed by atoms with Gasteiger partial charge in [-0.3, -0.25) is 4.79 Å². The van der Waals surface area contributed by atoms with E-state index in [2.05, 4.69) is 22.0 Å². The first-order valence-corrected chi connectivity index (χ1v) is 8.18. The van der Waals surface area contributed by atoms with Crippen molar-refractivity contribution in [2.24, 2.45) is 0 Å². The number of aromatic nitrogens is 1. The van der Waals surface area contributed by atoms with Gasteiger partial charge in [-0.25, -0.2) is 0 Å². The molecule has 1 aromatic heterocycles. The van der Waals surface area contributed by atoms with E-state index >= 15 is 0 Å². The molecule has 0 spiro atoms. The van der Waals surface area contributed by atoms with Gasteiger partial charge in [0.1, 0.15) is 5.75 Å². The first-order chi connectivity index (χ1) is 10.1. The molecule has 1 aromatic carbocycles. The van der Waals surface area contributed by atoms with Gasteiger partial charge in [0.15, 0.2) is 6.79 Å². The molecule has 2 aromatic rings. The van der Waals surface area contributed by atoms with E-state index in [4.69, 9.17) is 9.47 Å². The molecule has 0 saturated heterocycles.